The number of imidazole rings is 1. The van der Waals surface area contributed by atoms with Crippen LogP contribution in [-0.4, -0.2) is 49.3 Å². The van der Waals surface area contributed by atoms with Crippen molar-refractivity contribution in [1.29, 1.82) is 0 Å². The van der Waals surface area contributed by atoms with Gasteiger partial charge in [0, 0.05) is 44.1 Å². The van der Waals surface area contributed by atoms with Crippen LogP contribution in [0.4, 0.5) is 5.13 Å². The van der Waals surface area contributed by atoms with E-state index in [4.69, 9.17) is 0 Å². The summed E-state index contributed by atoms with van der Waals surface area (Å²) in [7, 11) is 2.00. The van der Waals surface area contributed by atoms with Crippen molar-refractivity contribution in [3.8, 4) is 17.4 Å². The lowest BCUT2D eigenvalue weighted by Crippen LogP contribution is -2.23. The van der Waals surface area contributed by atoms with Crippen LogP contribution < -0.4 is 10.2 Å². The number of nitrogens with one attached hydrogen (secondary N) is 1. The number of benzene rings is 1. The molecule has 0 aliphatic carbocycles. The summed E-state index contributed by atoms with van der Waals surface area (Å²) in [6.07, 6.45) is 6.14. The van der Waals surface area contributed by atoms with Crippen molar-refractivity contribution in [1.82, 2.24) is 24.2 Å². The molecule has 0 radical (unpaired) electrons. The minimum absolute atomic E-state index is 0.0935. The lowest BCUT2D eigenvalue weighted by molar-refractivity contribution is 0.403. The zero-order valence-corrected chi connectivity index (χ0v) is 14.6. The molecule has 0 fully saturated rings. The van der Waals surface area contributed by atoms with Gasteiger partial charge in [-0.25, -0.2) is 4.98 Å². The van der Waals surface area contributed by atoms with E-state index >= 15 is 0 Å². The quantitative estimate of drug-likeness (QED) is 0.416. The third-order valence-electron chi connectivity index (χ3n) is 3.68. The molecule has 3 aromatic rings. The molecule has 0 aliphatic heterocycles. The molecule has 0 bridgehead atoms. The highest BCUT2D eigenvalue weighted by atomic mass is 32.1. The number of rotatable bonds is 8. The van der Waals surface area contributed by atoms with E-state index in [9.17, 15) is 10.2 Å². The van der Waals surface area contributed by atoms with E-state index in [0.29, 0.717) is 12.5 Å². The molecule has 2 aromatic heterocycles. The van der Waals surface area contributed by atoms with Gasteiger partial charge in [-0.15, -0.1) is 0 Å². The molecule has 132 valence electrons. The van der Waals surface area contributed by atoms with Gasteiger partial charge in [-0.05, 0) is 30.7 Å². The fourth-order valence-electron chi connectivity index (χ4n) is 2.29. The van der Waals surface area contributed by atoms with Gasteiger partial charge in [-0.1, -0.05) is 6.07 Å². The summed E-state index contributed by atoms with van der Waals surface area (Å²) >= 11 is 1.36. The van der Waals surface area contributed by atoms with Gasteiger partial charge < -0.3 is 20.4 Å². The van der Waals surface area contributed by atoms with Crippen LogP contribution in [0.25, 0.3) is 5.95 Å². The lowest BCUT2D eigenvalue weighted by atomic mass is 10.2. The van der Waals surface area contributed by atoms with Gasteiger partial charge in [0.05, 0.1) is 0 Å². The minimum Gasteiger partial charge on any atom is -0.504 e. The van der Waals surface area contributed by atoms with Gasteiger partial charge in [0.1, 0.15) is 6.33 Å². The number of phenols is 2. The molecular formula is C16H20N6O2S. The van der Waals surface area contributed by atoms with Crippen molar-refractivity contribution in [3.05, 3.63) is 42.5 Å². The predicted molar refractivity (Wildman–Crippen MR) is 96.4 cm³/mol. The van der Waals surface area contributed by atoms with Crippen LogP contribution in [-0.2, 0) is 6.54 Å². The van der Waals surface area contributed by atoms with Gasteiger partial charge in [0.2, 0.25) is 11.1 Å². The van der Waals surface area contributed by atoms with Crippen LogP contribution in [0.15, 0.2) is 36.9 Å². The first-order valence-corrected chi connectivity index (χ1v) is 8.65. The van der Waals surface area contributed by atoms with Crippen LogP contribution in [0.1, 0.15) is 12.0 Å². The highest BCUT2D eigenvalue weighted by molar-refractivity contribution is 7.09. The molecule has 3 N–H and O–H groups in total. The Hall–Kier alpha value is -2.65. The van der Waals surface area contributed by atoms with E-state index in [1.165, 1.54) is 17.6 Å². The van der Waals surface area contributed by atoms with Crippen LogP contribution in [0.2, 0.25) is 0 Å². The molecule has 1 aromatic carbocycles. The smallest absolute Gasteiger partial charge is 0.248 e. The summed E-state index contributed by atoms with van der Waals surface area (Å²) in [5.41, 5.74) is 0.928. The summed E-state index contributed by atoms with van der Waals surface area (Å²) < 4.78 is 6.11. The van der Waals surface area contributed by atoms with Gasteiger partial charge >= 0.3 is 0 Å². The van der Waals surface area contributed by atoms with Gasteiger partial charge in [-0.3, -0.25) is 4.57 Å². The van der Waals surface area contributed by atoms with Crippen LogP contribution in [0.3, 0.4) is 0 Å². The summed E-state index contributed by atoms with van der Waals surface area (Å²) in [6.45, 7) is 2.33. The fourth-order valence-corrected chi connectivity index (χ4v) is 2.95. The van der Waals surface area contributed by atoms with Crippen molar-refractivity contribution < 1.29 is 10.2 Å². The first-order chi connectivity index (χ1) is 12.1. The highest BCUT2D eigenvalue weighted by Crippen LogP contribution is 2.24. The molecule has 0 unspecified atom stereocenters. The van der Waals surface area contributed by atoms with Gasteiger partial charge in [0.15, 0.2) is 11.5 Å². The zero-order chi connectivity index (χ0) is 17.6. The average molecular weight is 360 g/mol. The van der Waals surface area contributed by atoms with Crippen LogP contribution in [0.5, 0.6) is 11.5 Å². The molecule has 0 saturated carbocycles. The molecule has 0 amide bonds. The zero-order valence-electron chi connectivity index (χ0n) is 13.8. The number of hydrogen-bond acceptors (Lipinski definition) is 8. The van der Waals surface area contributed by atoms with Gasteiger partial charge in [-0.2, -0.15) is 9.36 Å². The summed E-state index contributed by atoms with van der Waals surface area (Å²) in [5, 5.41) is 23.0. The lowest BCUT2D eigenvalue weighted by Gasteiger charge is -2.15. The Morgan fingerprint density at radius 2 is 2.16 bits per heavy atom. The molecule has 0 atom stereocenters. The Labute approximate surface area is 149 Å². The third kappa shape index (κ3) is 4.46. The number of anilines is 1. The molecule has 0 aliphatic rings. The molecule has 0 spiro atoms. The van der Waals surface area contributed by atoms with Crippen molar-refractivity contribution in [2.45, 2.75) is 13.0 Å². The first-order valence-electron chi connectivity index (χ1n) is 7.88. The maximum Gasteiger partial charge on any atom is 0.248 e. The molecule has 2 heterocycles. The minimum atomic E-state index is -0.0995. The third-order valence-corrected chi connectivity index (χ3v) is 4.50. The Balaban J connectivity index is 1.40. The van der Waals surface area contributed by atoms with Crippen LogP contribution in [0, 0.1) is 0 Å². The summed E-state index contributed by atoms with van der Waals surface area (Å²) in [6, 6.07) is 4.84. The number of phenolic OH excluding ortho intramolecular Hbond substituents is 2. The summed E-state index contributed by atoms with van der Waals surface area (Å²) in [4.78, 5) is 10.6. The molecule has 25 heavy (non-hydrogen) atoms. The summed E-state index contributed by atoms with van der Waals surface area (Å²) in [5.74, 6) is 0.441. The van der Waals surface area contributed by atoms with Gasteiger partial charge in [0.25, 0.3) is 0 Å². The maximum absolute atomic E-state index is 9.47. The Kier molecular flexibility index (Phi) is 5.46. The molecule has 0 saturated heterocycles. The SMILES string of the molecule is CN(CCCNCc1ccc(O)c(O)c1)c1nc(-n2ccnc2)ns1. The predicted octanol–water partition coefficient (Wildman–Crippen LogP) is 1.75. The van der Waals surface area contributed by atoms with Crippen molar-refractivity contribution in [2.75, 3.05) is 25.0 Å². The van der Waals surface area contributed by atoms with Crippen molar-refractivity contribution in [3.63, 3.8) is 0 Å². The van der Waals surface area contributed by atoms with E-state index in [-0.39, 0.29) is 11.5 Å². The first kappa shape index (κ1) is 17.2. The van der Waals surface area contributed by atoms with E-state index in [2.05, 4.69) is 24.6 Å². The normalized spacial score (nSPS) is 10.9. The average Bonchev–Trinajstić information content (AvgIpc) is 3.28. The second-order valence-corrected chi connectivity index (χ2v) is 6.35. The fraction of sp³-hybridized carbons (Fsp3) is 0.312. The Morgan fingerprint density at radius 3 is 2.92 bits per heavy atom. The number of aromatic nitrogens is 4. The molecule has 3 rings (SSSR count). The van der Waals surface area contributed by atoms with E-state index < -0.39 is 0 Å². The maximum atomic E-state index is 9.47. The number of aromatic hydroxyl groups is 2. The van der Waals surface area contributed by atoms with E-state index in [0.717, 1.165) is 30.2 Å². The van der Waals surface area contributed by atoms with Crippen molar-refractivity contribution >= 4 is 16.7 Å². The Morgan fingerprint density at radius 1 is 1.28 bits per heavy atom. The molecule has 8 nitrogen and oxygen atoms in total. The second kappa shape index (κ2) is 7.95. The molecular weight excluding hydrogens is 340 g/mol. The Bertz CT molecular complexity index is 805. The second-order valence-electron chi connectivity index (χ2n) is 5.62. The largest absolute Gasteiger partial charge is 0.504 e. The van der Waals surface area contributed by atoms with Crippen LogP contribution >= 0.6 is 11.5 Å². The standard InChI is InChI=1S/C16H20N6O2S/c1-21(16-19-15(20-25-16)22-8-6-18-11-22)7-2-5-17-10-12-3-4-13(23)14(24)9-12/h3-4,6,8-9,11,17,23-24H,2,5,7,10H2,1H3. The van der Waals surface area contributed by atoms with E-state index in [1.54, 1.807) is 29.2 Å². The van der Waals surface area contributed by atoms with E-state index in [1.807, 2.05) is 13.2 Å². The topological polar surface area (TPSA) is 99.3 Å². The number of nitrogens with zero attached hydrogens (tertiary/aromatic N) is 5. The number of hydrogen-bond donors (Lipinski definition) is 3. The monoisotopic (exact) mass is 360 g/mol. The molecule has 9 heteroatoms. The highest BCUT2D eigenvalue weighted by Gasteiger charge is 2.09. The van der Waals surface area contributed by atoms with Crippen molar-refractivity contribution in [2.24, 2.45) is 0 Å².